The molecule has 116 valence electrons. The van der Waals surface area contributed by atoms with Crippen LogP contribution in [0.3, 0.4) is 0 Å². The van der Waals surface area contributed by atoms with Crippen molar-refractivity contribution in [3.05, 3.63) is 53.5 Å². The summed E-state index contributed by atoms with van der Waals surface area (Å²) in [5, 5.41) is 6.52. The van der Waals surface area contributed by atoms with Crippen LogP contribution in [0.5, 0.6) is 0 Å². The number of amides is 1. The summed E-state index contributed by atoms with van der Waals surface area (Å²) < 4.78 is 5.55. The second-order valence-electron chi connectivity index (χ2n) is 5.94. The molecule has 2 unspecified atom stereocenters. The maximum absolute atomic E-state index is 11.2. The minimum absolute atomic E-state index is 0.0481. The van der Waals surface area contributed by atoms with Crippen LogP contribution in [0.1, 0.15) is 55.7 Å². The van der Waals surface area contributed by atoms with E-state index in [1.807, 2.05) is 18.2 Å². The van der Waals surface area contributed by atoms with Crippen LogP contribution in [0, 0.1) is 0 Å². The summed E-state index contributed by atoms with van der Waals surface area (Å²) >= 11 is 0. The van der Waals surface area contributed by atoms with E-state index in [4.69, 9.17) is 4.42 Å². The number of carbonyl (C=O) groups excluding carboxylic acids is 1. The Bertz CT molecular complexity index is 663. The van der Waals surface area contributed by atoms with Gasteiger partial charge >= 0.3 is 0 Å². The maximum atomic E-state index is 11.2. The molecular formula is C18H22N2O2. The van der Waals surface area contributed by atoms with Crippen molar-refractivity contribution in [2.75, 3.05) is 5.32 Å². The van der Waals surface area contributed by atoms with Gasteiger partial charge in [-0.3, -0.25) is 4.79 Å². The highest BCUT2D eigenvalue weighted by molar-refractivity contribution is 5.88. The van der Waals surface area contributed by atoms with E-state index in [0.717, 1.165) is 30.7 Å². The van der Waals surface area contributed by atoms with Crippen LogP contribution in [0.4, 0.5) is 5.69 Å². The number of aryl methyl sites for hydroxylation is 1. The van der Waals surface area contributed by atoms with Gasteiger partial charge in [0.2, 0.25) is 5.91 Å². The van der Waals surface area contributed by atoms with Crippen LogP contribution in [-0.2, 0) is 11.2 Å². The zero-order valence-electron chi connectivity index (χ0n) is 13.1. The third kappa shape index (κ3) is 3.22. The van der Waals surface area contributed by atoms with E-state index in [-0.39, 0.29) is 11.9 Å². The highest BCUT2D eigenvalue weighted by Gasteiger charge is 2.24. The Balaban J connectivity index is 1.73. The first-order valence-corrected chi connectivity index (χ1v) is 7.83. The Morgan fingerprint density at radius 1 is 1.36 bits per heavy atom. The van der Waals surface area contributed by atoms with Gasteiger partial charge in [-0.1, -0.05) is 12.1 Å². The maximum Gasteiger partial charge on any atom is 0.221 e. The topological polar surface area (TPSA) is 54.3 Å². The molecule has 0 spiro atoms. The fourth-order valence-corrected chi connectivity index (χ4v) is 3.15. The third-order valence-corrected chi connectivity index (χ3v) is 4.21. The Kier molecular flexibility index (Phi) is 4.29. The molecule has 0 saturated heterocycles. The summed E-state index contributed by atoms with van der Waals surface area (Å²) in [6.45, 7) is 3.68. The monoisotopic (exact) mass is 298 g/mol. The molecule has 3 rings (SSSR count). The van der Waals surface area contributed by atoms with Crippen LogP contribution in [0.15, 0.2) is 41.0 Å². The van der Waals surface area contributed by atoms with Gasteiger partial charge in [0.1, 0.15) is 5.76 Å². The zero-order chi connectivity index (χ0) is 15.5. The zero-order valence-corrected chi connectivity index (χ0v) is 13.1. The Morgan fingerprint density at radius 2 is 2.23 bits per heavy atom. The van der Waals surface area contributed by atoms with E-state index >= 15 is 0 Å². The van der Waals surface area contributed by atoms with Crippen LogP contribution in [0.2, 0.25) is 0 Å². The van der Waals surface area contributed by atoms with Crippen molar-refractivity contribution in [2.45, 2.75) is 45.2 Å². The number of fused-ring (bicyclic) bond motifs is 1. The van der Waals surface area contributed by atoms with E-state index < -0.39 is 0 Å². The van der Waals surface area contributed by atoms with Gasteiger partial charge in [-0.15, -0.1) is 0 Å². The van der Waals surface area contributed by atoms with E-state index in [1.54, 1.807) is 6.26 Å². The Hall–Kier alpha value is -2.07. The minimum atomic E-state index is -0.0481. The summed E-state index contributed by atoms with van der Waals surface area (Å²) in [6, 6.07) is 10.6. The van der Waals surface area contributed by atoms with Crippen LogP contribution >= 0.6 is 0 Å². The highest BCUT2D eigenvalue weighted by Crippen LogP contribution is 2.32. The van der Waals surface area contributed by atoms with E-state index in [2.05, 4.69) is 29.7 Å². The summed E-state index contributed by atoms with van der Waals surface area (Å²) in [6.07, 6.45) is 5.10. The SMILES string of the molecule is CC(=O)Nc1cccc(C(C)NC2CCCc3occc32)c1. The normalized spacial score (nSPS) is 18.5. The van der Waals surface area contributed by atoms with Gasteiger partial charge in [-0.2, -0.15) is 0 Å². The number of benzene rings is 1. The molecule has 0 aliphatic heterocycles. The number of rotatable bonds is 4. The summed E-state index contributed by atoms with van der Waals surface area (Å²) in [5.74, 6) is 1.07. The lowest BCUT2D eigenvalue weighted by Gasteiger charge is -2.27. The lowest BCUT2D eigenvalue weighted by atomic mass is 9.92. The number of hydrogen-bond donors (Lipinski definition) is 2. The van der Waals surface area contributed by atoms with Crippen molar-refractivity contribution in [2.24, 2.45) is 0 Å². The van der Waals surface area contributed by atoms with Gasteiger partial charge in [0.05, 0.1) is 6.26 Å². The molecule has 0 radical (unpaired) electrons. The molecular weight excluding hydrogens is 276 g/mol. The summed E-state index contributed by atoms with van der Waals surface area (Å²) in [4.78, 5) is 11.2. The molecule has 2 aromatic rings. The standard InChI is InChI=1S/C18H22N2O2/c1-12(14-5-3-6-15(11-14)20-13(2)21)19-17-7-4-8-18-16(17)9-10-22-18/h3,5-6,9-12,17,19H,4,7-8H2,1-2H3,(H,20,21). The second kappa shape index (κ2) is 6.36. The summed E-state index contributed by atoms with van der Waals surface area (Å²) in [7, 11) is 0. The second-order valence-corrected chi connectivity index (χ2v) is 5.94. The van der Waals surface area contributed by atoms with Gasteiger partial charge in [0.25, 0.3) is 0 Å². The van der Waals surface area contributed by atoms with Gasteiger partial charge in [0.15, 0.2) is 0 Å². The number of hydrogen-bond acceptors (Lipinski definition) is 3. The van der Waals surface area contributed by atoms with Gasteiger partial charge in [-0.05, 0) is 43.5 Å². The molecule has 4 nitrogen and oxygen atoms in total. The molecule has 0 bridgehead atoms. The fourth-order valence-electron chi connectivity index (χ4n) is 3.15. The van der Waals surface area contributed by atoms with E-state index in [9.17, 15) is 4.79 Å². The minimum Gasteiger partial charge on any atom is -0.469 e. The first-order chi connectivity index (χ1) is 10.6. The number of nitrogens with one attached hydrogen (secondary N) is 2. The molecule has 1 aromatic heterocycles. The average molecular weight is 298 g/mol. The lowest BCUT2D eigenvalue weighted by molar-refractivity contribution is -0.114. The molecule has 1 amide bonds. The Morgan fingerprint density at radius 3 is 3.05 bits per heavy atom. The number of anilines is 1. The van der Waals surface area contributed by atoms with Gasteiger partial charge in [0, 0.05) is 36.7 Å². The predicted octanol–water partition coefficient (Wildman–Crippen LogP) is 3.97. The molecule has 1 aliphatic rings. The van der Waals surface area contributed by atoms with Crippen LogP contribution < -0.4 is 10.6 Å². The highest BCUT2D eigenvalue weighted by atomic mass is 16.3. The van der Waals surface area contributed by atoms with Gasteiger partial charge < -0.3 is 15.1 Å². The van der Waals surface area contributed by atoms with E-state index in [0.29, 0.717) is 6.04 Å². The summed E-state index contributed by atoms with van der Waals surface area (Å²) in [5.41, 5.74) is 3.30. The average Bonchev–Trinajstić information content (AvgIpc) is 2.96. The van der Waals surface area contributed by atoms with Crippen molar-refractivity contribution >= 4 is 11.6 Å². The lowest BCUT2D eigenvalue weighted by Crippen LogP contribution is -2.27. The molecule has 0 fully saturated rings. The third-order valence-electron chi connectivity index (χ3n) is 4.21. The van der Waals surface area contributed by atoms with Crippen LogP contribution in [-0.4, -0.2) is 5.91 Å². The van der Waals surface area contributed by atoms with E-state index in [1.165, 1.54) is 18.1 Å². The van der Waals surface area contributed by atoms with Crippen LogP contribution in [0.25, 0.3) is 0 Å². The molecule has 0 saturated carbocycles. The van der Waals surface area contributed by atoms with Crippen molar-refractivity contribution in [3.63, 3.8) is 0 Å². The molecule has 1 aromatic carbocycles. The first kappa shape index (κ1) is 14.9. The van der Waals surface area contributed by atoms with Crippen molar-refractivity contribution in [1.29, 1.82) is 0 Å². The fraction of sp³-hybridized carbons (Fsp3) is 0.389. The van der Waals surface area contributed by atoms with Crippen molar-refractivity contribution in [3.8, 4) is 0 Å². The molecule has 2 atom stereocenters. The molecule has 22 heavy (non-hydrogen) atoms. The van der Waals surface area contributed by atoms with Crippen molar-refractivity contribution < 1.29 is 9.21 Å². The number of carbonyl (C=O) groups is 1. The Labute approximate surface area is 130 Å². The first-order valence-electron chi connectivity index (χ1n) is 7.83. The number of furan rings is 1. The quantitative estimate of drug-likeness (QED) is 0.898. The van der Waals surface area contributed by atoms with Crippen molar-refractivity contribution in [1.82, 2.24) is 5.32 Å². The molecule has 1 heterocycles. The smallest absolute Gasteiger partial charge is 0.221 e. The predicted molar refractivity (Wildman–Crippen MR) is 86.7 cm³/mol. The molecule has 1 aliphatic carbocycles. The largest absolute Gasteiger partial charge is 0.469 e. The van der Waals surface area contributed by atoms with Gasteiger partial charge in [-0.25, -0.2) is 0 Å². The molecule has 2 N–H and O–H groups in total. The molecule has 4 heteroatoms.